The molecule has 1 saturated heterocycles. The van der Waals surface area contributed by atoms with Crippen molar-refractivity contribution in [3.05, 3.63) is 64.5 Å². The Morgan fingerprint density at radius 1 is 1.27 bits per heavy atom. The number of rotatable bonds is 7. The first-order chi connectivity index (χ1) is 14.6. The van der Waals surface area contributed by atoms with Crippen LogP contribution in [0.1, 0.15) is 35.3 Å². The van der Waals surface area contributed by atoms with Crippen molar-refractivity contribution in [3.8, 4) is 5.75 Å². The van der Waals surface area contributed by atoms with Gasteiger partial charge in [-0.3, -0.25) is 10.2 Å². The van der Waals surface area contributed by atoms with Gasteiger partial charge in [0.15, 0.2) is 0 Å². The summed E-state index contributed by atoms with van der Waals surface area (Å²) in [5.41, 5.74) is 7.44. The Morgan fingerprint density at radius 2 is 2.07 bits per heavy atom. The van der Waals surface area contributed by atoms with Crippen LogP contribution in [-0.2, 0) is 17.6 Å². The van der Waals surface area contributed by atoms with Crippen molar-refractivity contribution in [2.75, 3.05) is 13.7 Å². The topological polar surface area (TPSA) is 79.4 Å². The molecule has 156 valence electrons. The average Bonchev–Trinajstić information content (AvgIpc) is 3.36. The molecule has 1 aliphatic rings. The zero-order valence-corrected chi connectivity index (χ0v) is 18.0. The van der Waals surface area contributed by atoms with Gasteiger partial charge >= 0.3 is 0 Å². The molecular weight excluding hydrogens is 394 g/mol. The first-order valence-corrected chi connectivity index (χ1v) is 11.2. The van der Waals surface area contributed by atoms with Crippen LogP contribution in [0.25, 0.3) is 10.1 Å². The molecule has 1 atom stereocenters. The predicted octanol–water partition coefficient (Wildman–Crippen LogP) is 4.36. The third-order valence-electron chi connectivity index (χ3n) is 5.83. The fraction of sp³-hybridized carbons (Fsp3) is 0.333. The van der Waals surface area contributed by atoms with Gasteiger partial charge in [0.1, 0.15) is 11.6 Å². The van der Waals surface area contributed by atoms with Gasteiger partial charge in [0, 0.05) is 33.1 Å². The van der Waals surface area contributed by atoms with Gasteiger partial charge in [-0.15, -0.1) is 11.3 Å². The van der Waals surface area contributed by atoms with Gasteiger partial charge in [0.2, 0.25) is 5.91 Å². The Balaban J connectivity index is 1.47. The van der Waals surface area contributed by atoms with E-state index in [1.165, 1.54) is 4.88 Å². The van der Waals surface area contributed by atoms with Gasteiger partial charge in [-0.25, -0.2) is 0 Å². The van der Waals surface area contributed by atoms with Crippen molar-refractivity contribution in [1.29, 1.82) is 5.41 Å². The lowest BCUT2D eigenvalue weighted by Gasteiger charge is -2.25. The molecule has 0 radical (unpaired) electrons. The van der Waals surface area contributed by atoms with E-state index >= 15 is 0 Å². The molecule has 0 unspecified atom stereocenters. The molecule has 1 fully saturated rings. The van der Waals surface area contributed by atoms with Crippen LogP contribution in [0.2, 0.25) is 0 Å². The molecule has 0 bridgehead atoms. The zero-order chi connectivity index (χ0) is 21.1. The largest absolute Gasteiger partial charge is 0.495 e. The number of nitrogen functional groups attached to an aromatic ring is 1. The summed E-state index contributed by atoms with van der Waals surface area (Å²) in [5.74, 6) is 1.20. The Hall–Kier alpha value is -2.86. The van der Waals surface area contributed by atoms with Crippen molar-refractivity contribution in [2.24, 2.45) is 5.73 Å². The summed E-state index contributed by atoms with van der Waals surface area (Å²) in [4.78, 5) is 16.1. The number of carbonyl (C=O) groups is 1. The van der Waals surface area contributed by atoms with Crippen LogP contribution in [-0.4, -0.2) is 36.3 Å². The zero-order valence-electron chi connectivity index (χ0n) is 17.2. The van der Waals surface area contributed by atoms with Crippen molar-refractivity contribution in [1.82, 2.24) is 4.90 Å². The van der Waals surface area contributed by atoms with Crippen LogP contribution >= 0.6 is 11.3 Å². The first kappa shape index (κ1) is 20.4. The number of nitrogens with zero attached hydrogens (tertiary/aromatic N) is 1. The molecule has 4 rings (SSSR count). The summed E-state index contributed by atoms with van der Waals surface area (Å²) in [6.07, 6.45) is 4.40. The van der Waals surface area contributed by atoms with Crippen molar-refractivity contribution in [2.45, 2.75) is 38.1 Å². The Morgan fingerprint density at radius 3 is 2.80 bits per heavy atom. The van der Waals surface area contributed by atoms with Gasteiger partial charge in [0.25, 0.3) is 0 Å². The minimum Gasteiger partial charge on any atom is -0.495 e. The average molecular weight is 422 g/mol. The summed E-state index contributed by atoms with van der Waals surface area (Å²) in [6.45, 7) is 0.849. The molecule has 1 aliphatic heterocycles. The highest BCUT2D eigenvalue weighted by molar-refractivity contribution is 7.19. The lowest BCUT2D eigenvalue weighted by atomic mass is 10.1. The number of thiophene rings is 1. The van der Waals surface area contributed by atoms with Gasteiger partial charge in [0.05, 0.1) is 13.5 Å². The number of fused-ring (bicyclic) bond motifs is 1. The molecule has 1 aromatic heterocycles. The van der Waals surface area contributed by atoms with Crippen LogP contribution < -0.4 is 10.5 Å². The lowest BCUT2D eigenvalue weighted by Crippen LogP contribution is -2.36. The van der Waals surface area contributed by atoms with E-state index in [1.54, 1.807) is 18.4 Å². The molecule has 3 N–H and O–H groups in total. The highest BCUT2D eigenvalue weighted by atomic mass is 32.1. The van der Waals surface area contributed by atoms with Crippen molar-refractivity contribution >= 4 is 33.2 Å². The number of aryl methyl sites for hydroxylation is 1. The monoisotopic (exact) mass is 421 g/mol. The van der Waals surface area contributed by atoms with E-state index in [-0.39, 0.29) is 17.8 Å². The number of ether oxygens (including phenoxy) is 1. The number of likely N-dealkylation sites (tertiary alicyclic amines) is 1. The highest BCUT2D eigenvalue weighted by Crippen LogP contribution is 2.39. The van der Waals surface area contributed by atoms with Crippen molar-refractivity contribution in [3.63, 3.8) is 0 Å². The third-order valence-corrected chi connectivity index (χ3v) is 7.02. The second-order valence-electron chi connectivity index (χ2n) is 7.77. The maximum absolute atomic E-state index is 12.9. The lowest BCUT2D eigenvalue weighted by molar-refractivity contribution is -0.131. The number of hydrogen-bond acceptors (Lipinski definition) is 4. The molecule has 0 saturated carbocycles. The van der Waals surface area contributed by atoms with Gasteiger partial charge in [-0.2, -0.15) is 0 Å². The molecule has 1 amide bonds. The van der Waals surface area contributed by atoms with Crippen LogP contribution in [0.5, 0.6) is 5.75 Å². The van der Waals surface area contributed by atoms with Crippen LogP contribution in [0, 0.1) is 5.41 Å². The van der Waals surface area contributed by atoms with E-state index < -0.39 is 0 Å². The van der Waals surface area contributed by atoms with E-state index in [4.69, 9.17) is 15.9 Å². The molecular formula is C24H27N3O2S. The quantitative estimate of drug-likeness (QED) is 0.439. The maximum Gasteiger partial charge on any atom is 0.227 e. The fourth-order valence-electron chi connectivity index (χ4n) is 4.31. The number of methoxy groups -OCH3 is 1. The predicted molar refractivity (Wildman–Crippen MR) is 123 cm³/mol. The van der Waals surface area contributed by atoms with Gasteiger partial charge in [-0.1, -0.05) is 36.4 Å². The van der Waals surface area contributed by atoms with Gasteiger partial charge < -0.3 is 15.4 Å². The normalized spacial score (nSPS) is 16.2. The molecule has 2 heterocycles. The Bertz CT molecular complexity index is 1060. The summed E-state index contributed by atoms with van der Waals surface area (Å²) < 4.78 is 6.79. The minimum atomic E-state index is 0.0735. The highest BCUT2D eigenvalue weighted by Gasteiger charge is 2.29. The molecule has 3 aromatic rings. The molecule has 2 aromatic carbocycles. The minimum absolute atomic E-state index is 0.0735. The number of carbonyl (C=O) groups excluding carboxylic acids is 1. The summed E-state index contributed by atoms with van der Waals surface area (Å²) >= 11 is 1.70. The maximum atomic E-state index is 12.9. The molecule has 6 heteroatoms. The van der Waals surface area contributed by atoms with Crippen LogP contribution in [0.4, 0.5) is 0 Å². The van der Waals surface area contributed by atoms with Gasteiger partial charge in [-0.05, 0) is 43.4 Å². The van der Waals surface area contributed by atoms with E-state index in [2.05, 4.69) is 4.90 Å². The number of hydrogen-bond donors (Lipinski definition) is 2. The number of nitrogens with one attached hydrogen (secondary N) is 1. The molecule has 30 heavy (non-hydrogen) atoms. The second kappa shape index (κ2) is 8.88. The standard InChI is InChI=1S/C24H27N3O2S/c1-29-23-19-11-9-17(24(25)26)15-21(19)30-20(23)12-10-18-8-5-13-27(18)22(28)14-16-6-3-2-4-7-16/h2-4,6-7,9,11,15,18H,5,8,10,12-14H2,1H3,(H3,25,26)/t18-/m0/s1. The summed E-state index contributed by atoms with van der Waals surface area (Å²) in [7, 11) is 1.70. The van der Waals surface area contributed by atoms with Crippen LogP contribution in [0.3, 0.4) is 0 Å². The Labute approximate surface area is 181 Å². The molecule has 0 aliphatic carbocycles. The summed E-state index contributed by atoms with van der Waals surface area (Å²) in [5, 5.41) is 8.73. The third kappa shape index (κ3) is 4.19. The number of benzene rings is 2. The molecule has 0 spiro atoms. The number of amidine groups is 1. The van der Waals surface area contributed by atoms with E-state index in [1.807, 2.05) is 48.5 Å². The number of amides is 1. The van der Waals surface area contributed by atoms with Crippen LogP contribution in [0.15, 0.2) is 48.5 Å². The molecule has 5 nitrogen and oxygen atoms in total. The Kier molecular flexibility index (Phi) is 6.04. The van der Waals surface area contributed by atoms with E-state index in [0.29, 0.717) is 6.42 Å². The smallest absolute Gasteiger partial charge is 0.227 e. The van der Waals surface area contributed by atoms with Crippen molar-refractivity contribution < 1.29 is 9.53 Å². The second-order valence-corrected chi connectivity index (χ2v) is 8.90. The summed E-state index contributed by atoms with van der Waals surface area (Å²) in [6, 6.07) is 16.1. The number of nitrogens with two attached hydrogens (primary N) is 1. The first-order valence-electron chi connectivity index (χ1n) is 10.3. The van der Waals surface area contributed by atoms with E-state index in [0.717, 1.165) is 59.2 Å². The SMILES string of the molecule is COc1c(CC[C@@H]2CCCN2C(=O)Cc2ccccc2)sc2cc(C(=N)N)ccc12. The van der Waals surface area contributed by atoms with E-state index in [9.17, 15) is 4.79 Å². The fourth-order valence-corrected chi connectivity index (χ4v) is 5.54.